The van der Waals surface area contributed by atoms with Gasteiger partial charge in [0.15, 0.2) is 0 Å². The Morgan fingerprint density at radius 2 is 2.00 bits per heavy atom. The molecular formula is C12H17NO. The molecule has 1 unspecified atom stereocenters. The Morgan fingerprint density at radius 1 is 1.29 bits per heavy atom. The van der Waals surface area contributed by atoms with Gasteiger partial charge in [-0.15, -0.1) is 0 Å². The van der Waals surface area contributed by atoms with Crippen LogP contribution in [0.2, 0.25) is 0 Å². The summed E-state index contributed by atoms with van der Waals surface area (Å²) in [6, 6.07) is 8.55. The Labute approximate surface area is 85.1 Å². The molecule has 0 bridgehead atoms. The van der Waals surface area contributed by atoms with Gasteiger partial charge < -0.3 is 10.5 Å². The summed E-state index contributed by atoms with van der Waals surface area (Å²) >= 11 is 0. The zero-order chi connectivity index (χ0) is 9.97. The van der Waals surface area contributed by atoms with Crippen LogP contribution in [0.15, 0.2) is 24.3 Å². The Morgan fingerprint density at radius 3 is 2.71 bits per heavy atom. The van der Waals surface area contributed by atoms with Gasteiger partial charge in [0.25, 0.3) is 0 Å². The predicted molar refractivity (Wildman–Crippen MR) is 57.0 cm³/mol. The maximum atomic E-state index is 6.05. The number of ether oxygens (including phenoxy) is 1. The van der Waals surface area contributed by atoms with Crippen LogP contribution >= 0.6 is 0 Å². The molecule has 0 aromatic heterocycles. The monoisotopic (exact) mass is 191 g/mol. The summed E-state index contributed by atoms with van der Waals surface area (Å²) in [5.41, 5.74) is 8.60. The average Bonchev–Trinajstić information content (AvgIpc) is 2.23. The topological polar surface area (TPSA) is 35.2 Å². The second-order valence-corrected chi connectivity index (χ2v) is 3.76. The van der Waals surface area contributed by atoms with E-state index in [1.54, 1.807) is 0 Å². The van der Waals surface area contributed by atoms with E-state index >= 15 is 0 Å². The lowest BCUT2D eigenvalue weighted by molar-refractivity contribution is 0.0472. The summed E-state index contributed by atoms with van der Waals surface area (Å²) < 4.78 is 5.70. The van der Waals surface area contributed by atoms with Gasteiger partial charge in [-0.05, 0) is 30.9 Å². The molecule has 2 rings (SSSR count). The van der Waals surface area contributed by atoms with Crippen molar-refractivity contribution >= 4 is 0 Å². The van der Waals surface area contributed by atoms with E-state index in [0.29, 0.717) is 0 Å². The second-order valence-electron chi connectivity index (χ2n) is 3.76. The van der Waals surface area contributed by atoms with Crippen molar-refractivity contribution in [2.75, 3.05) is 6.61 Å². The maximum absolute atomic E-state index is 6.05. The van der Waals surface area contributed by atoms with Gasteiger partial charge >= 0.3 is 0 Å². The van der Waals surface area contributed by atoms with Crippen molar-refractivity contribution in [1.82, 2.24) is 0 Å². The number of fused-ring (bicyclic) bond motifs is 1. The van der Waals surface area contributed by atoms with Gasteiger partial charge in [-0.3, -0.25) is 0 Å². The van der Waals surface area contributed by atoms with Gasteiger partial charge in [-0.25, -0.2) is 0 Å². The Balaban J connectivity index is 2.31. The lowest BCUT2D eigenvalue weighted by Gasteiger charge is -2.29. The van der Waals surface area contributed by atoms with Crippen LogP contribution in [0.1, 0.15) is 43.0 Å². The zero-order valence-electron chi connectivity index (χ0n) is 8.57. The highest BCUT2D eigenvalue weighted by atomic mass is 16.5. The van der Waals surface area contributed by atoms with E-state index in [-0.39, 0.29) is 12.1 Å². The van der Waals surface area contributed by atoms with E-state index < -0.39 is 0 Å². The zero-order valence-corrected chi connectivity index (χ0v) is 8.57. The smallest absolute Gasteiger partial charge is 0.0828 e. The standard InChI is InChI=1S/C12H17NO/c1-2-14-12-8-7-11(13)9-5-3-4-6-10(9)12/h3-6,11-12H,2,7-8,13H2,1H3/t11-,12?/m0/s1. The van der Waals surface area contributed by atoms with Crippen LogP contribution in [0.4, 0.5) is 0 Å². The SMILES string of the molecule is CCOC1CC[C@H](N)c2ccccc21. The van der Waals surface area contributed by atoms with Gasteiger partial charge in [0.05, 0.1) is 6.10 Å². The first kappa shape index (κ1) is 9.69. The second kappa shape index (κ2) is 4.11. The molecule has 0 saturated heterocycles. The highest BCUT2D eigenvalue weighted by molar-refractivity contribution is 5.33. The van der Waals surface area contributed by atoms with Crippen molar-refractivity contribution in [2.24, 2.45) is 5.73 Å². The van der Waals surface area contributed by atoms with Gasteiger partial charge in [-0.2, -0.15) is 0 Å². The predicted octanol–water partition coefficient (Wildman–Crippen LogP) is 2.56. The molecule has 14 heavy (non-hydrogen) atoms. The van der Waals surface area contributed by atoms with Crippen molar-refractivity contribution in [3.8, 4) is 0 Å². The van der Waals surface area contributed by atoms with Crippen LogP contribution in [-0.2, 0) is 4.74 Å². The van der Waals surface area contributed by atoms with E-state index in [2.05, 4.69) is 18.2 Å². The van der Waals surface area contributed by atoms with E-state index in [9.17, 15) is 0 Å². The van der Waals surface area contributed by atoms with Crippen LogP contribution in [0, 0.1) is 0 Å². The summed E-state index contributed by atoms with van der Waals surface area (Å²) in [5, 5.41) is 0. The van der Waals surface area contributed by atoms with Crippen LogP contribution in [0.5, 0.6) is 0 Å². The van der Waals surface area contributed by atoms with Crippen LogP contribution in [0.3, 0.4) is 0 Å². The van der Waals surface area contributed by atoms with Crippen molar-refractivity contribution in [1.29, 1.82) is 0 Å². The molecule has 1 aromatic rings. The lowest BCUT2D eigenvalue weighted by atomic mass is 9.86. The Hall–Kier alpha value is -0.860. The molecule has 0 heterocycles. The van der Waals surface area contributed by atoms with Gasteiger partial charge in [0.1, 0.15) is 0 Å². The molecule has 2 N–H and O–H groups in total. The third-order valence-electron chi connectivity index (χ3n) is 2.85. The molecule has 2 atom stereocenters. The molecule has 1 aliphatic rings. The van der Waals surface area contributed by atoms with E-state index in [1.165, 1.54) is 11.1 Å². The number of benzene rings is 1. The fourth-order valence-electron chi connectivity index (χ4n) is 2.16. The number of hydrogen-bond donors (Lipinski definition) is 1. The van der Waals surface area contributed by atoms with Crippen molar-refractivity contribution in [2.45, 2.75) is 31.9 Å². The summed E-state index contributed by atoms with van der Waals surface area (Å²) in [6.07, 6.45) is 2.34. The minimum atomic E-state index is 0.197. The normalized spacial score (nSPS) is 25.9. The first-order chi connectivity index (χ1) is 6.83. The summed E-state index contributed by atoms with van der Waals surface area (Å²) in [5.74, 6) is 0. The number of hydrogen-bond acceptors (Lipinski definition) is 2. The van der Waals surface area contributed by atoms with Gasteiger partial charge in [0.2, 0.25) is 0 Å². The Kier molecular flexibility index (Phi) is 2.85. The third-order valence-corrected chi connectivity index (χ3v) is 2.85. The Bertz CT molecular complexity index is 311. The molecule has 0 spiro atoms. The highest BCUT2D eigenvalue weighted by Crippen LogP contribution is 2.36. The van der Waals surface area contributed by atoms with Crippen LogP contribution in [0.25, 0.3) is 0 Å². The fourth-order valence-corrected chi connectivity index (χ4v) is 2.16. The van der Waals surface area contributed by atoms with E-state index in [4.69, 9.17) is 10.5 Å². The average molecular weight is 191 g/mol. The molecule has 0 amide bonds. The third kappa shape index (κ3) is 1.68. The quantitative estimate of drug-likeness (QED) is 0.779. The largest absolute Gasteiger partial charge is 0.374 e. The van der Waals surface area contributed by atoms with Crippen LogP contribution in [-0.4, -0.2) is 6.61 Å². The lowest BCUT2D eigenvalue weighted by Crippen LogP contribution is -2.21. The van der Waals surface area contributed by atoms with Crippen molar-refractivity contribution in [3.63, 3.8) is 0 Å². The van der Waals surface area contributed by atoms with E-state index in [1.807, 2.05) is 13.0 Å². The fraction of sp³-hybridized carbons (Fsp3) is 0.500. The highest BCUT2D eigenvalue weighted by Gasteiger charge is 2.24. The first-order valence-electron chi connectivity index (χ1n) is 5.29. The molecule has 0 saturated carbocycles. The van der Waals surface area contributed by atoms with E-state index in [0.717, 1.165) is 19.4 Å². The maximum Gasteiger partial charge on any atom is 0.0828 e. The summed E-state index contributed by atoms with van der Waals surface area (Å²) in [6.45, 7) is 2.81. The first-order valence-corrected chi connectivity index (χ1v) is 5.29. The molecule has 0 aliphatic heterocycles. The molecule has 1 aromatic carbocycles. The molecular weight excluding hydrogens is 174 g/mol. The van der Waals surface area contributed by atoms with Crippen molar-refractivity contribution in [3.05, 3.63) is 35.4 Å². The minimum absolute atomic E-state index is 0.197. The molecule has 76 valence electrons. The molecule has 0 fully saturated rings. The molecule has 2 heteroatoms. The summed E-state index contributed by atoms with van der Waals surface area (Å²) in [7, 11) is 0. The molecule has 2 nitrogen and oxygen atoms in total. The van der Waals surface area contributed by atoms with Gasteiger partial charge in [-0.1, -0.05) is 24.3 Å². The van der Waals surface area contributed by atoms with Crippen LogP contribution < -0.4 is 5.73 Å². The number of nitrogens with two attached hydrogens (primary N) is 1. The minimum Gasteiger partial charge on any atom is -0.374 e. The molecule has 1 aliphatic carbocycles. The number of rotatable bonds is 2. The summed E-state index contributed by atoms with van der Waals surface area (Å²) in [4.78, 5) is 0. The molecule has 0 radical (unpaired) electrons. The van der Waals surface area contributed by atoms with Gasteiger partial charge in [0, 0.05) is 12.6 Å². The van der Waals surface area contributed by atoms with Crippen molar-refractivity contribution < 1.29 is 4.74 Å².